The number of amides is 1. The van der Waals surface area contributed by atoms with E-state index in [9.17, 15) is 4.79 Å². The van der Waals surface area contributed by atoms with Gasteiger partial charge in [-0.2, -0.15) is 0 Å². The number of likely N-dealkylation sites (N-methyl/N-ethyl adjacent to an activating group) is 1. The lowest BCUT2D eigenvalue weighted by atomic mass is 10.1. The van der Waals surface area contributed by atoms with Gasteiger partial charge in [0.2, 0.25) is 0 Å². The van der Waals surface area contributed by atoms with E-state index in [1.807, 2.05) is 60.7 Å². The summed E-state index contributed by atoms with van der Waals surface area (Å²) in [5.41, 5.74) is 1.12. The van der Waals surface area contributed by atoms with Gasteiger partial charge in [-0.15, -0.1) is 0 Å². The molecule has 0 unspecified atom stereocenters. The van der Waals surface area contributed by atoms with Crippen LogP contribution in [0.15, 0.2) is 66.7 Å². The smallest absolute Gasteiger partial charge is 0.258 e. The van der Waals surface area contributed by atoms with Crippen LogP contribution < -0.4 is 19.7 Å². The molecule has 2 N–H and O–H groups in total. The molecule has 28 heavy (non-hydrogen) atoms. The first-order valence-electron chi connectivity index (χ1n) is 9.39. The Kier molecular flexibility index (Phi) is 6.50. The van der Waals surface area contributed by atoms with Crippen molar-refractivity contribution in [3.8, 4) is 11.5 Å². The first kappa shape index (κ1) is 19.7. The van der Waals surface area contributed by atoms with Crippen LogP contribution in [0.2, 0.25) is 0 Å². The van der Waals surface area contributed by atoms with E-state index < -0.39 is 0 Å². The predicted octanol–water partition coefficient (Wildman–Crippen LogP) is 2.23. The molecule has 5 heteroatoms. The number of quaternary nitrogens is 1. The molecular weight excluding hydrogens is 352 g/mol. The molecule has 3 rings (SSSR count). The van der Waals surface area contributed by atoms with Crippen LogP contribution in [0.4, 0.5) is 0 Å². The van der Waals surface area contributed by atoms with E-state index in [-0.39, 0.29) is 18.6 Å². The minimum atomic E-state index is -0.137. The zero-order valence-electron chi connectivity index (χ0n) is 16.6. The Balaban J connectivity index is 1.56. The average molecular weight is 379 g/mol. The van der Waals surface area contributed by atoms with Crippen LogP contribution in [0, 0.1) is 0 Å². The molecule has 0 aliphatic rings. The Morgan fingerprint density at radius 2 is 1.75 bits per heavy atom. The van der Waals surface area contributed by atoms with Crippen LogP contribution in [0.3, 0.4) is 0 Å². The molecule has 3 aromatic carbocycles. The zero-order valence-corrected chi connectivity index (χ0v) is 16.6. The van der Waals surface area contributed by atoms with Gasteiger partial charge in [0.25, 0.3) is 5.91 Å². The van der Waals surface area contributed by atoms with Gasteiger partial charge in [0.1, 0.15) is 17.5 Å². The lowest BCUT2D eigenvalue weighted by Gasteiger charge is -2.22. The largest absolute Gasteiger partial charge is 0.497 e. The Morgan fingerprint density at radius 1 is 0.964 bits per heavy atom. The number of benzene rings is 3. The highest BCUT2D eigenvalue weighted by Gasteiger charge is 2.19. The molecule has 0 fully saturated rings. The fourth-order valence-electron chi connectivity index (χ4n) is 3.19. The van der Waals surface area contributed by atoms with Crippen LogP contribution in [-0.4, -0.2) is 40.3 Å². The Labute approximate surface area is 165 Å². The van der Waals surface area contributed by atoms with E-state index >= 15 is 0 Å². The van der Waals surface area contributed by atoms with Gasteiger partial charge >= 0.3 is 0 Å². The molecule has 0 aliphatic carbocycles. The monoisotopic (exact) mass is 379 g/mol. The number of carbonyl (C=O) groups excluding carboxylic acids is 1. The third-order valence-electron chi connectivity index (χ3n) is 4.79. The number of methoxy groups -OCH3 is 1. The molecule has 3 aromatic rings. The van der Waals surface area contributed by atoms with Crippen LogP contribution in [0.1, 0.15) is 11.6 Å². The SMILES string of the molecule is COc1cccc([C@H](CNC(=O)COc2ccc3ccccc3c2)[NH+](C)C)c1. The highest BCUT2D eigenvalue weighted by molar-refractivity contribution is 5.84. The van der Waals surface area contributed by atoms with E-state index in [2.05, 4.69) is 25.5 Å². The van der Waals surface area contributed by atoms with Crippen LogP contribution in [0.5, 0.6) is 11.5 Å². The normalized spacial score (nSPS) is 12.0. The summed E-state index contributed by atoms with van der Waals surface area (Å²) in [7, 11) is 5.80. The van der Waals surface area contributed by atoms with Gasteiger partial charge in [-0.05, 0) is 35.0 Å². The summed E-state index contributed by atoms with van der Waals surface area (Å²) in [5, 5.41) is 5.22. The Bertz CT molecular complexity index is 940. The maximum Gasteiger partial charge on any atom is 0.258 e. The summed E-state index contributed by atoms with van der Waals surface area (Å²) in [6.07, 6.45) is 0. The molecule has 146 valence electrons. The summed E-state index contributed by atoms with van der Waals surface area (Å²) in [6, 6.07) is 22.0. The number of nitrogens with one attached hydrogen (secondary N) is 2. The number of rotatable bonds is 8. The summed E-state index contributed by atoms with van der Waals surface area (Å²) in [4.78, 5) is 13.5. The maximum absolute atomic E-state index is 12.3. The number of hydrogen-bond donors (Lipinski definition) is 2. The highest BCUT2D eigenvalue weighted by atomic mass is 16.5. The molecule has 0 heterocycles. The summed E-state index contributed by atoms with van der Waals surface area (Å²) < 4.78 is 11.0. The van der Waals surface area contributed by atoms with Crippen molar-refractivity contribution in [2.75, 3.05) is 34.4 Å². The first-order chi connectivity index (χ1) is 13.6. The molecule has 1 atom stereocenters. The Hall–Kier alpha value is -3.05. The van der Waals surface area contributed by atoms with Gasteiger partial charge in [0.15, 0.2) is 6.61 Å². The minimum Gasteiger partial charge on any atom is -0.497 e. The van der Waals surface area contributed by atoms with Crippen molar-refractivity contribution in [2.24, 2.45) is 0 Å². The summed E-state index contributed by atoms with van der Waals surface area (Å²) in [6.45, 7) is 0.515. The molecular formula is C23H27N2O3+. The standard InChI is InChI=1S/C23H26N2O3/c1-25(2)22(19-9-6-10-20(14-19)27-3)15-24-23(26)16-28-21-12-11-17-7-4-5-8-18(17)13-21/h4-14,22H,15-16H2,1-3H3,(H,24,26)/p+1/t22-/m0/s1. The van der Waals surface area contributed by atoms with Crippen molar-refractivity contribution in [2.45, 2.75) is 6.04 Å². The number of hydrogen-bond acceptors (Lipinski definition) is 3. The van der Waals surface area contributed by atoms with Crippen molar-refractivity contribution in [3.63, 3.8) is 0 Å². The molecule has 1 amide bonds. The van der Waals surface area contributed by atoms with Crippen molar-refractivity contribution in [1.82, 2.24) is 5.32 Å². The Morgan fingerprint density at radius 3 is 2.50 bits per heavy atom. The predicted molar refractivity (Wildman–Crippen MR) is 111 cm³/mol. The van der Waals surface area contributed by atoms with E-state index in [4.69, 9.17) is 9.47 Å². The number of fused-ring (bicyclic) bond motifs is 1. The second-order valence-corrected chi connectivity index (χ2v) is 7.01. The van der Waals surface area contributed by atoms with Crippen molar-refractivity contribution < 1.29 is 19.2 Å². The lowest BCUT2D eigenvalue weighted by molar-refractivity contribution is -0.890. The fraction of sp³-hybridized carbons (Fsp3) is 0.261. The molecule has 0 saturated carbocycles. The quantitative estimate of drug-likeness (QED) is 0.631. The first-order valence-corrected chi connectivity index (χ1v) is 9.39. The fourth-order valence-corrected chi connectivity index (χ4v) is 3.19. The average Bonchev–Trinajstić information content (AvgIpc) is 2.72. The van der Waals surface area contributed by atoms with Crippen molar-refractivity contribution in [3.05, 3.63) is 72.3 Å². The van der Waals surface area contributed by atoms with E-state index in [1.165, 1.54) is 4.90 Å². The van der Waals surface area contributed by atoms with Crippen molar-refractivity contribution >= 4 is 16.7 Å². The molecule has 0 bridgehead atoms. The molecule has 0 saturated heterocycles. The third-order valence-corrected chi connectivity index (χ3v) is 4.79. The molecule has 0 spiro atoms. The topological polar surface area (TPSA) is 52.0 Å². The molecule has 5 nitrogen and oxygen atoms in total. The number of carbonyl (C=O) groups is 1. The maximum atomic E-state index is 12.3. The van der Waals surface area contributed by atoms with Gasteiger partial charge in [0, 0.05) is 5.56 Å². The second kappa shape index (κ2) is 9.24. The lowest BCUT2D eigenvalue weighted by Crippen LogP contribution is -3.07. The second-order valence-electron chi connectivity index (χ2n) is 7.01. The van der Waals surface area contributed by atoms with Crippen LogP contribution in [0.25, 0.3) is 10.8 Å². The van der Waals surface area contributed by atoms with E-state index in [0.29, 0.717) is 12.3 Å². The van der Waals surface area contributed by atoms with Gasteiger partial charge < -0.3 is 19.7 Å². The van der Waals surface area contributed by atoms with E-state index in [0.717, 1.165) is 22.1 Å². The van der Waals surface area contributed by atoms with Gasteiger partial charge in [-0.25, -0.2) is 0 Å². The van der Waals surface area contributed by atoms with Crippen LogP contribution in [-0.2, 0) is 4.79 Å². The number of ether oxygens (including phenoxy) is 2. The van der Waals surface area contributed by atoms with Gasteiger partial charge in [-0.3, -0.25) is 4.79 Å². The zero-order chi connectivity index (χ0) is 19.9. The summed E-state index contributed by atoms with van der Waals surface area (Å²) in [5.74, 6) is 1.37. The summed E-state index contributed by atoms with van der Waals surface area (Å²) >= 11 is 0. The molecule has 0 aliphatic heterocycles. The highest BCUT2D eigenvalue weighted by Crippen LogP contribution is 2.20. The van der Waals surface area contributed by atoms with E-state index in [1.54, 1.807) is 7.11 Å². The third kappa shape index (κ3) is 5.02. The van der Waals surface area contributed by atoms with Crippen molar-refractivity contribution in [1.29, 1.82) is 0 Å². The van der Waals surface area contributed by atoms with Gasteiger partial charge in [0.05, 0.1) is 27.7 Å². The van der Waals surface area contributed by atoms with Crippen LogP contribution >= 0.6 is 0 Å². The van der Waals surface area contributed by atoms with Gasteiger partial charge in [-0.1, -0.05) is 42.5 Å². The molecule has 0 radical (unpaired) electrons. The molecule has 0 aromatic heterocycles. The minimum absolute atomic E-state index is 0.00800.